The van der Waals surface area contributed by atoms with Crippen LogP contribution in [0.4, 0.5) is 0 Å². The molecule has 1 aromatic rings. The number of nitrogens with zero attached hydrogens (tertiary/aromatic N) is 1. The van der Waals surface area contributed by atoms with Crippen molar-refractivity contribution in [2.75, 3.05) is 19.6 Å². The van der Waals surface area contributed by atoms with Crippen molar-refractivity contribution < 1.29 is 9.59 Å². The van der Waals surface area contributed by atoms with E-state index in [1.54, 1.807) is 0 Å². The highest BCUT2D eigenvalue weighted by Crippen LogP contribution is 2.31. The molecule has 1 aliphatic carbocycles. The van der Waals surface area contributed by atoms with Crippen LogP contribution in [0.15, 0.2) is 24.3 Å². The Balaban J connectivity index is 1.49. The van der Waals surface area contributed by atoms with Crippen molar-refractivity contribution in [3.8, 4) is 0 Å². The molecule has 2 atom stereocenters. The molecule has 25 heavy (non-hydrogen) atoms. The second kappa shape index (κ2) is 8.00. The molecule has 1 saturated heterocycles. The minimum Gasteiger partial charge on any atom is -0.353 e. The van der Waals surface area contributed by atoms with Crippen LogP contribution in [-0.2, 0) is 4.79 Å². The number of benzene rings is 1. The van der Waals surface area contributed by atoms with Gasteiger partial charge < -0.3 is 16.0 Å². The highest BCUT2D eigenvalue weighted by Gasteiger charge is 2.33. The van der Waals surface area contributed by atoms with E-state index in [4.69, 9.17) is 5.73 Å². The number of nitrogens with two attached hydrogens (primary N) is 1. The van der Waals surface area contributed by atoms with Crippen molar-refractivity contribution in [1.82, 2.24) is 10.2 Å². The summed E-state index contributed by atoms with van der Waals surface area (Å²) in [4.78, 5) is 27.0. The molecule has 1 heterocycles. The maximum absolute atomic E-state index is 12.6. The third-order valence-corrected chi connectivity index (χ3v) is 5.73. The highest BCUT2D eigenvalue weighted by molar-refractivity contribution is 5.94. The van der Waals surface area contributed by atoms with E-state index in [9.17, 15) is 9.59 Å². The summed E-state index contributed by atoms with van der Waals surface area (Å²) in [6, 6.07) is 7.89. The van der Waals surface area contributed by atoms with Gasteiger partial charge in [-0.25, -0.2) is 0 Å². The molecule has 2 amide bonds. The van der Waals surface area contributed by atoms with Crippen LogP contribution in [0.25, 0.3) is 0 Å². The smallest absolute Gasteiger partial charge is 0.253 e. The molecule has 0 bridgehead atoms. The summed E-state index contributed by atoms with van der Waals surface area (Å²) in [5.41, 5.74) is 7.68. The molecule has 136 valence electrons. The predicted molar refractivity (Wildman–Crippen MR) is 98.1 cm³/mol. The highest BCUT2D eigenvalue weighted by atomic mass is 16.2. The molecule has 5 heteroatoms. The second-order valence-corrected chi connectivity index (χ2v) is 7.47. The van der Waals surface area contributed by atoms with E-state index in [-0.39, 0.29) is 23.8 Å². The molecular formula is C20H29N3O2. The van der Waals surface area contributed by atoms with Gasteiger partial charge in [0.15, 0.2) is 0 Å². The van der Waals surface area contributed by atoms with Crippen molar-refractivity contribution >= 4 is 11.8 Å². The Labute approximate surface area is 150 Å². The third-order valence-electron chi connectivity index (χ3n) is 5.73. The molecule has 3 N–H and O–H groups in total. The monoisotopic (exact) mass is 343 g/mol. The first-order chi connectivity index (χ1) is 12.1. The Morgan fingerprint density at radius 2 is 1.80 bits per heavy atom. The van der Waals surface area contributed by atoms with Gasteiger partial charge in [0.2, 0.25) is 5.91 Å². The second-order valence-electron chi connectivity index (χ2n) is 7.47. The Morgan fingerprint density at radius 3 is 2.44 bits per heavy atom. The molecule has 1 saturated carbocycles. The topological polar surface area (TPSA) is 75.4 Å². The van der Waals surface area contributed by atoms with Gasteiger partial charge in [0, 0.05) is 30.6 Å². The first-order valence-electron chi connectivity index (χ1n) is 9.45. The minimum absolute atomic E-state index is 0.0808. The molecule has 0 aromatic heterocycles. The summed E-state index contributed by atoms with van der Waals surface area (Å²) < 4.78 is 0. The molecule has 0 unspecified atom stereocenters. The van der Waals surface area contributed by atoms with Crippen LogP contribution in [0.1, 0.15) is 48.0 Å². The van der Waals surface area contributed by atoms with E-state index in [0.717, 1.165) is 43.2 Å². The quantitative estimate of drug-likeness (QED) is 0.879. The lowest BCUT2D eigenvalue weighted by atomic mass is 9.94. The maximum Gasteiger partial charge on any atom is 0.253 e. The van der Waals surface area contributed by atoms with Gasteiger partial charge in [-0.05, 0) is 57.2 Å². The number of nitrogens with one attached hydrogen (secondary N) is 1. The zero-order chi connectivity index (χ0) is 17.8. The van der Waals surface area contributed by atoms with Crippen LogP contribution < -0.4 is 11.1 Å². The maximum atomic E-state index is 12.6. The van der Waals surface area contributed by atoms with Crippen molar-refractivity contribution in [2.24, 2.45) is 17.6 Å². The molecule has 0 radical (unpaired) electrons. The predicted octanol–water partition coefficient (Wildman–Crippen LogP) is 2.09. The van der Waals surface area contributed by atoms with E-state index in [1.807, 2.05) is 36.1 Å². The molecule has 0 spiro atoms. The van der Waals surface area contributed by atoms with Gasteiger partial charge in [0.05, 0.1) is 0 Å². The SMILES string of the molecule is Cc1ccc(C(=O)N2CCC(NC(=O)[C@@H]3CCC[C@@H]3CN)CC2)cc1. The Morgan fingerprint density at radius 1 is 1.12 bits per heavy atom. The average Bonchev–Trinajstić information content (AvgIpc) is 3.11. The van der Waals surface area contributed by atoms with E-state index in [0.29, 0.717) is 25.6 Å². The number of hydrogen-bond donors (Lipinski definition) is 2. The lowest BCUT2D eigenvalue weighted by molar-refractivity contribution is -0.126. The van der Waals surface area contributed by atoms with Crippen molar-refractivity contribution in [2.45, 2.75) is 45.1 Å². The summed E-state index contributed by atoms with van der Waals surface area (Å²) in [7, 11) is 0. The summed E-state index contributed by atoms with van der Waals surface area (Å²) >= 11 is 0. The zero-order valence-corrected chi connectivity index (χ0v) is 15.0. The van der Waals surface area contributed by atoms with E-state index in [2.05, 4.69) is 5.32 Å². The molecule has 1 aromatic carbocycles. The van der Waals surface area contributed by atoms with Crippen LogP contribution in [0.5, 0.6) is 0 Å². The lowest BCUT2D eigenvalue weighted by Crippen LogP contribution is -2.48. The van der Waals surface area contributed by atoms with Crippen LogP contribution in [0, 0.1) is 18.8 Å². The fourth-order valence-electron chi connectivity index (χ4n) is 4.08. The molecule has 5 nitrogen and oxygen atoms in total. The number of hydrogen-bond acceptors (Lipinski definition) is 3. The summed E-state index contributed by atoms with van der Waals surface area (Å²) in [5, 5.41) is 3.20. The standard InChI is InChI=1S/C20H29N3O2/c1-14-5-7-15(8-6-14)20(25)23-11-9-17(10-12-23)22-19(24)18-4-2-3-16(18)13-21/h5-8,16-18H,2-4,9-13,21H2,1H3,(H,22,24)/t16-,18-/m1/s1. The Hall–Kier alpha value is -1.88. The van der Waals surface area contributed by atoms with Crippen molar-refractivity contribution in [3.05, 3.63) is 35.4 Å². The van der Waals surface area contributed by atoms with Crippen LogP contribution in [0.3, 0.4) is 0 Å². The van der Waals surface area contributed by atoms with Gasteiger partial charge in [-0.3, -0.25) is 9.59 Å². The molecule has 3 rings (SSSR count). The molecule has 1 aliphatic heterocycles. The summed E-state index contributed by atoms with van der Waals surface area (Å²) in [6.07, 6.45) is 4.77. The van der Waals surface area contributed by atoms with E-state index < -0.39 is 0 Å². The van der Waals surface area contributed by atoms with E-state index >= 15 is 0 Å². The zero-order valence-electron chi connectivity index (χ0n) is 15.0. The van der Waals surface area contributed by atoms with Crippen molar-refractivity contribution in [1.29, 1.82) is 0 Å². The van der Waals surface area contributed by atoms with E-state index in [1.165, 1.54) is 0 Å². The fourth-order valence-corrected chi connectivity index (χ4v) is 4.08. The number of carbonyl (C=O) groups is 2. The normalized spacial score (nSPS) is 24.3. The van der Waals surface area contributed by atoms with Crippen LogP contribution in [0.2, 0.25) is 0 Å². The van der Waals surface area contributed by atoms with Crippen LogP contribution in [-0.4, -0.2) is 42.4 Å². The van der Waals surface area contributed by atoms with Gasteiger partial charge in [0.1, 0.15) is 0 Å². The minimum atomic E-state index is 0.0808. The van der Waals surface area contributed by atoms with Crippen molar-refractivity contribution in [3.63, 3.8) is 0 Å². The average molecular weight is 343 g/mol. The number of amides is 2. The molecule has 2 aliphatic rings. The Bertz CT molecular complexity index is 606. The van der Waals surface area contributed by atoms with Crippen LogP contribution >= 0.6 is 0 Å². The fraction of sp³-hybridized carbons (Fsp3) is 0.600. The number of aryl methyl sites for hydroxylation is 1. The third kappa shape index (κ3) is 4.21. The number of rotatable bonds is 4. The number of likely N-dealkylation sites (tertiary alicyclic amines) is 1. The van der Waals surface area contributed by atoms with Gasteiger partial charge in [-0.1, -0.05) is 24.1 Å². The van der Waals surface area contributed by atoms with Gasteiger partial charge in [-0.15, -0.1) is 0 Å². The largest absolute Gasteiger partial charge is 0.353 e. The summed E-state index contributed by atoms with van der Waals surface area (Å²) in [6.45, 7) is 4.01. The number of carbonyl (C=O) groups excluding carboxylic acids is 2. The first kappa shape index (κ1) is 17.9. The van der Waals surface area contributed by atoms with Gasteiger partial charge in [-0.2, -0.15) is 0 Å². The molecular weight excluding hydrogens is 314 g/mol. The first-order valence-corrected chi connectivity index (χ1v) is 9.45. The van der Waals surface area contributed by atoms with Gasteiger partial charge >= 0.3 is 0 Å². The number of piperidine rings is 1. The summed E-state index contributed by atoms with van der Waals surface area (Å²) in [5.74, 6) is 0.667. The Kier molecular flexibility index (Phi) is 5.74. The van der Waals surface area contributed by atoms with Gasteiger partial charge in [0.25, 0.3) is 5.91 Å². The lowest BCUT2D eigenvalue weighted by Gasteiger charge is -2.33. The molecule has 2 fully saturated rings.